The van der Waals surface area contributed by atoms with Gasteiger partial charge in [-0.15, -0.1) is 0 Å². The van der Waals surface area contributed by atoms with Crippen LogP contribution in [-0.4, -0.2) is 0 Å². The molecule has 2 aromatic rings. The predicted octanol–water partition coefficient (Wildman–Crippen LogP) is 5.82. The molecule has 0 N–H and O–H groups in total. The average molecular weight is 309 g/mol. The van der Waals surface area contributed by atoms with Gasteiger partial charge in [-0.1, -0.05) is 35.3 Å². The molecule has 0 fully saturated rings. The van der Waals surface area contributed by atoms with Crippen molar-refractivity contribution < 1.29 is 17.6 Å². The van der Waals surface area contributed by atoms with E-state index in [9.17, 15) is 17.6 Å². The molecule has 2 rings (SSSR count). The summed E-state index contributed by atoms with van der Waals surface area (Å²) in [6.07, 6.45) is -4.67. The minimum absolute atomic E-state index is 0.0737. The number of benzene rings is 2. The maximum atomic E-state index is 13.0. The molecule has 0 spiro atoms. The molecule has 6 heteroatoms. The Kier molecular flexibility index (Phi) is 3.74. The first-order valence-corrected chi connectivity index (χ1v) is 5.87. The molecule has 0 aliphatic rings. The van der Waals surface area contributed by atoms with Crippen molar-refractivity contribution in [2.45, 2.75) is 6.18 Å². The summed E-state index contributed by atoms with van der Waals surface area (Å²) in [5.74, 6) is -0.957. The van der Waals surface area contributed by atoms with Gasteiger partial charge in [-0.3, -0.25) is 0 Å². The predicted molar refractivity (Wildman–Crippen MR) is 66.9 cm³/mol. The highest BCUT2D eigenvalue weighted by Gasteiger charge is 2.34. The zero-order valence-corrected chi connectivity index (χ0v) is 10.7. The van der Waals surface area contributed by atoms with Crippen LogP contribution in [0.1, 0.15) is 5.56 Å². The highest BCUT2D eigenvalue weighted by Crippen LogP contribution is 2.40. The molecule has 0 saturated heterocycles. The SMILES string of the molecule is Fc1ccc(-c2ccc(Cl)cc2Cl)c(C(F)(F)F)c1. The first kappa shape index (κ1) is 14.2. The highest BCUT2D eigenvalue weighted by molar-refractivity contribution is 6.36. The molecule has 0 unspecified atom stereocenters. The summed E-state index contributed by atoms with van der Waals surface area (Å²) in [5, 5.41) is 0.383. The third-order valence-corrected chi connectivity index (χ3v) is 3.06. The van der Waals surface area contributed by atoms with Gasteiger partial charge < -0.3 is 0 Å². The van der Waals surface area contributed by atoms with E-state index in [-0.39, 0.29) is 16.1 Å². The summed E-state index contributed by atoms with van der Waals surface area (Å²) in [7, 11) is 0. The number of alkyl halides is 3. The van der Waals surface area contributed by atoms with Crippen molar-refractivity contribution in [3.05, 3.63) is 57.8 Å². The minimum Gasteiger partial charge on any atom is -0.207 e. The average Bonchev–Trinajstić information content (AvgIpc) is 2.28. The van der Waals surface area contributed by atoms with Crippen LogP contribution in [0.2, 0.25) is 10.0 Å². The number of rotatable bonds is 1. The van der Waals surface area contributed by atoms with Crippen LogP contribution in [0, 0.1) is 5.82 Å². The monoisotopic (exact) mass is 308 g/mol. The standard InChI is InChI=1S/C13H6Cl2F4/c14-7-1-3-10(12(15)5-7)9-4-2-8(16)6-11(9)13(17,18)19/h1-6H. The fraction of sp³-hybridized carbons (Fsp3) is 0.0769. The summed E-state index contributed by atoms with van der Waals surface area (Å²) in [6.45, 7) is 0. The highest BCUT2D eigenvalue weighted by atomic mass is 35.5. The summed E-state index contributed by atoms with van der Waals surface area (Å²) in [4.78, 5) is 0. The lowest BCUT2D eigenvalue weighted by molar-refractivity contribution is -0.137. The molecular weight excluding hydrogens is 303 g/mol. The second kappa shape index (κ2) is 5.02. The Morgan fingerprint density at radius 1 is 0.842 bits per heavy atom. The van der Waals surface area contributed by atoms with Gasteiger partial charge in [0, 0.05) is 15.6 Å². The summed E-state index contributed by atoms with van der Waals surface area (Å²) >= 11 is 11.6. The van der Waals surface area contributed by atoms with Crippen LogP contribution < -0.4 is 0 Å². The van der Waals surface area contributed by atoms with Gasteiger partial charge in [0.25, 0.3) is 0 Å². The lowest BCUT2D eigenvalue weighted by atomic mass is 9.99. The second-order valence-electron chi connectivity index (χ2n) is 3.81. The van der Waals surface area contributed by atoms with Crippen molar-refractivity contribution in [3.8, 4) is 11.1 Å². The van der Waals surface area contributed by atoms with Crippen LogP contribution in [0.25, 0.3) is 11.1 Å². The van der Waals surface area contributed by atoms with Crippen LogP contribution in [0.15, 0.2) is 36.4 Å². The zero-order valence-electron chi connectivity index (χ0n) is 9.23. The molecule has 100 valence electrons. The Morgan fingerprint density at radius 3 is 2.05 bits per heavy atom. The van der Waals surface area contributed by atoms with Gasteiger partial charge in [-0.2, -0.15) is 13.2 Å². The van der Waals surface area contributed by atoms with E-state index in [1.807, 2.05) is 0 Å². The molecular formula is C13H6Cl2F4. The Morgan fingerprint density at radius 2 is 1.47 bits per heavy atom. The van der Waals surface area contributed by atoms with Crippen LogP contribution in [0.5, 0.6) is 0 Å². The molecule has 0 amide bonds. The van der Waals surface area contributed by atoms with Gasteiger partial charge in [0.2, 0.25) is 0 Å². The van der Waals surface area contributed by atoms with E-state index in [0.717, 1.165) is 12.1 Å². The van der Waals surface area contributed by atoms with E-state index < -0.39 is 17.6 Å². The smallest absolute Gasteiger partial charge is 0.207 e. The van der Waals surface area contributed by atoms with Crippen molar-refractivity contribution in [3.63, 3.8) is 0 Å². The lowest BCUT2D eigenvalue weighted by Gasteiger charge is -2.14. The first-order chi connectivity index (χ1) is 8.79. The Balaban J connectivity index is 2.68. The molecule has 0 saturated carbocycles. The van der Waals surface area contributed by atoms with E-state index in [0.29, 0.717) is 11.1 Å². The van der Waals surface area contributed by atoms with Crippen LogP contribution in [0.4, 0.5) is 17.6 Å². The molecule has 0 aliphatic heterocycles. The number of hydrogen-bond donors (Lipinski definition) is 0. The van der Waals surface area contributed by atoms with E-state index in [1.54, 1.807) is 0 Å². The topological polar surface area (TPSA) is 0 Å². The third kappa shape index (κ3) is 3.01. The fourth-order valence-electron chi connectivity index (χ4n) is 1.69. The summed E-state index contributed by atoms with van der Waals surface area (Å²) in [5.41, 5.74) is -1.11. The molecule has 19 heavy (non-hydrogen) atoms. The van der Waals surface area contributed by atoms with Gasteiger partial charge in [0.05, 0.1) is 5.56 Å². The molecule has 0 aromatic heterocycles. The first-order valence-electron chi connectivity index (χ1n) is 5.11. The van der Waals surface area contributed by atoms with Gasteiger partial charge in [0.1, 0.15) is 5.82 Å². The van der Waals surface area contributed by atoms with Crippen LogP contribution >= 0.6 is 23.2 Å². The van der Waals surface area contributed by atoms with Gasteiger partial charge >= 0.3 is 6.18 Å². The Hall–Kier alpha value is -1.26. The van der Waals surface area contributed by atoms with Crippen molar-refractivity contribution >= 4 is 23.2 Å². The van der Waals surface area contributed by atoms with E-state index in [2.05, 4.69) is 0 Å². The zero-order chi connectivity index (χ0) is 14.2. The van der Waals surface area contributed by atoms with Crippen molar-refractivity contribution in [2.75, 3.05) is 0 Å². The second-order valence-corrected chi connectivity index (χ2v) is 4.66. The quantitative estimate of drug-likeness (QED) is 0.582. The van der Waals surface area contributed by atoms with E-state index in [4.69, 9.17) is 23.2 Å². The molecule has 0 radical (unpaired) electrons. The maximum Gasteiger partial charge on any atom is 0.417 e. The third-order valence-electron chi connectivity index (χ3n) is 2.51. The van der Waals surface area contributed by atoms with E-state index in [1.165, 1.54) is 18.2 Å². The maximum absolute atomic E-state index is 13.0. The Bertz CT molecular complexity index is 621. The van der Waals surface area contributed by atoms with Crippen LogP contribution in [0.3, 0.4) is 0 Å². The largest absolute Gasteiger partial charge is 0.417 e. The van der Waals surface area contributed by atoms with Gasteiger partial charge in [-0.25, -0.2) is 4.39 Å². The van der Waals surface area contributed by atoms with Gasteiger partial charge in [-0.05, 0) is 29.8 Å². The number of hydrogen-bond acceptors (Lipinski definition) is 0. The molecule has 0 nitrogen and oxygen atoms in total. The molecule has 0 heterocycles. The van der Waals surface area contributed by atoms with Crippen molar-refractivity contribution in [1.82, 2.24) is 0 Å². The van der Waals surface area contributed by atoms with Crippen molar-refractivity contribution in [2.24, 2.45) is 0 Å². The minimum atomic E-state index is -4.67. The molecule has 0 atom stereocenters. The van der Waals surface area contributed by atoms with Crippen LogP contribution in [-0.2, 0) is 6.18 Å². The van der Waals surface area contributed by atoms with Crippen molar-refractivity contribution in [1.29, 1.82) is 0 Å². The Labute approximate surface area is 116 Å². The summed E-state index contributed by atoms with van der Waals surface area (Å²) in [6, 6.07) is 6.57. The molecule has 0 bridgehead atoms. The normalized spacial score (nSPS) is 11.7. The van der Waals surface area contributed by atoms with E-state index >= 15 is 0 Å². The molecule has 2 aromatic carbocycles. The molecule has 0 aliphatic carbocycles. The number of halogens is 6. The van der Waals surface area contributed by atoms with Gasteiger partial charge in [0.15, 0.2) is 0 Å². The summed E-state index contributed by atoms with van der Waals surface area (Å²) < 4.78 is 51.7. The lowest BCUT2D eigenvalue weighted by Crippen LogP contribution is -2.07. The fourth-order valence-corrected chi connectivity index (χ4v) is 2.20.